The molecule has 84 valence electrons. The van der Waals surface area contributed by atoms with Crippen LogP contribution in [0, 0.1) is 0 Å². The number of hydrogen-bond donors (Lipinski definition) is 0. The Kier molecular flexibility index (Phi) is 4.22. The maximum atomic E-state index is 5.78. The standard InChI is InChI=1S/C13H10O.2ClH/c1-3-7-12-10(5-1)9-11-6-2-4-8-13(11)14-12;;/h1-8H,9H2;2*1H. The Balaban J connectivity index is 0.000000640. The van der Waals surface area contributed by atoms with Crippen molar-refractivity contribution >= 4 is 24.8 Å². The lowest BCUT2D eigenvalue weighted by Gasteiger charge is -2.19. The van der Waals surface area contributed by atoms with Gasteiger partial charge in [0.05, 0.1) is 0 Å². The largest absolute Gasteiger partial charge is 0.457 e. The molecule has 0 saturated heterocycles. The van der Waals surface area contributed by atoms with Gasteiger partial charge in [-0.05, 0) is 23.3 Å². The predicted molar refractivity (Wildman–Crippen MR) is 70.3 cm³/mol. The average Bonchev–Trinajstić information content (AvgIpc) is 2.26. The van der Waals surface area contributed by atoms with E-state index < -0.39 is 0 Å². The van der Waals surface area contributed by atoms with E-state index in [9.17, 15) is 0 Å². The number of hydrogen-bond acceptors (Lipinski definition) is 1. The van der Waals surface area contributed by atoms with Gasteiger partial charge in [-0.25, -0.2) is 0 Å². The Bertz CT molecular complexity index is 395. The number of ether oxygens (including phenoxy) is 1. The molecule has 0 radical (unpaired) electrons. The highest BCUT2D eigenvalue weighted by Gasteiger charge is 2.14. The molecule has 0 aromatic heterocycles. The number of rotatable bonds is 0. The lowest BCUT2D eigenvalue weighted by Crippen LogP contribution is -2.01. The van der Waals surface area contributed by atoms with Crippen molar-refractivity contribution in [1.29, 1.82) is 0 Å². The summed E-state index contributed by atoms with van der Waals surface area (Å²) in [5.74, 6) is 1.98. The van der Waals surface area contributed by atoms with Crippen LogP contribution in [0.3, 0.4) is 0 Å². The van der Waals surface area contributed by atoms with Gasteiger partial charge in [-0.2, -0.15) is 0 Å². The highest BCUT2D eigenvalue weighted by molar-refractivity contribution is 5.85. The van der Waals surface area contributed by atoms with Crippen LogP contribution in [0.2, 0.25) is 0 Å². The topological polar surface area (TPSA) is 9.23 Å². The van der Waals surface area contributed by atoms with Crippen LogP contribution >= 0.6 is 24.8 Å². The Morgan fingerprint density at radius 2 is 1.12 bits per heavy atom. The third-order valence-electron chi connectivity index (χ3n) is 2.55. The van der Waals surface area contributed by atoms with Gasteiger partial charge in [0.1, 0.15) is 11.5 Å². The van der Waals surface area contributed by atoms with Crippen molar-refractivity contribution in [1.82, 2.24) is 0 Å². The van der Waals surface area contributed by atoms with Gasteiger partial charge in [0, 0.05) is 6.42 Å². The zero-order valence-corrected chi connectivity index (χ0v) is 10.2. The van der Waals surface area contributed by atoms with Gasteiger partial charge in [-0.3, -0.25) is 0 Å². The summed E-state index contributed by atoms with van der Waals surface area (Å²) in [6, 6.07) is 16.4. The van der Waals surface area contributed by atoms with E-state index in [4.69, 9.17) is 4.74 Å². The summed E-state index contributed by atoms with van der Waals surface area (Å²) < 4.78 is 5.78. The van der Waals surface area contributed by atoms with Crippen LogP contribution < -0.4 is 4.74 Å². The monoisotopic (exact) mass is 254 g/mol. The minimum absolute atomic E-state index is 0. The summed E-state index contributed by atoms with van der Waals surface area (Å²) in [5.41, 5.74) is 2.54. The molecule has 3 heteroatoms. The highest BCUT2D eigenvalue weighted by Crippen LogP contribution is 2.35. The van der Waals surface area contributed by atoms with Gasteiger partial charge in [0.15, 0.2) is 0 Å². The van der Waals surface area contributed by atoms with Crippen molar-refractivity contribution in [2.24, 2.45) is 0 Å². The SMILES string of the molecule is Cl.Cl.c1ccc2c(c1)Cc1ccccc1O2. The highest BCUT2D eigenvalue weighted by atomic mass is 35.5. The van der Waals surface area contributed by atoms with E-state index in [0.717, 1.165) is 17.9 Å². The Morgan fingerprint density at radius 1 is 0.688 bits per heavy atom. The molecule has 1 aliphatic rings. The first-order chi connectivity index (χ1) is 6.93. The summed E-state index contributed by atoms with van der Waals surface area (Å²) >= 11 is 0. The van der Waals surface area contributed by atoms with E-state index in [1.54, 1.807) is 0 Å². The number of benzene rings is 2. The molecule has 0 amide bonds. The van der Waals surface area contributed by atoms with E-state index in [0.29, 0.717) is 0 Å². The molecular weight excluding hydrogens is 243 g/mol. The fraction of sp³-hybridized carbons (Fsp3) is 0.0769. The molecule has 0 atom stereocenters. The van der Waals surface area contributed by atoms with Crippen molar-refractivity contribution in [3.05, 3.63) is 59.7 Å². The molecule has 0 N–H and O–H groups in total. The van der Waals surface area contributed by atoms with Crippen LogP contribution in [0.1, 0.15) is 11.1 Å². The maximum absolute atomic E-state index is 5.78. The molecule has 3 rings (SSSR count). The van der Waals surface area contributed by atoms with Crippen LogP contribution in [-0.2, 0) is 6.42 Å². The Morgan fingerprint density at radius 3 is 1.62 bits per heavy atom. The third kappa shape index (κ3) is 2.16. The molecule has 1 nitrogen and oxygen atoms in total. The van der Waals surface area contributed by atoms with E-state index in [1.165, 1.54) is 11.1 Å². The average molecular weight is 255 g/mol. The normalized spacial score (nSPS) is 11.0. The quantitative estimate of drug-likeness (QED) is 0.584. The first kappa shape index (κ1) is 12.9. The molecular formula is C13H12Cl2O. The van der Waals surface area contributed by atoms with Crippen LogP contribution in [-0.4, -0.2) is 0 Å². The summed E-state index contributed by atoms with van der Waals surface area (Å²) in [4.78, 5) is 0. The zero-order chi connectivity index (χ0) is 9.38. The molecule has 2 aromatic rings. The zero-order valence-electron chi connectivity index (χ0n) is 8.55. The van der Waals surface area contributed by atoms with Crippen molar-refractivity contribution in [3.8, 4) is 11.5 Å². The number of para-hydroxylation sites is 2. The van der Waals surface area contributed by atoms with Gasteiger partial charge in [-0.1, -0.05) is 36.4 Å². The van der Waals surface area contributed by atoms with E-state index >= 15 is 0 Å². The lowest BCUT2D eigenvalue weighted by atomic mass is 10.0. The van der Waals surface area contributed by atoms with Crippen LogP contribution in [0.5, 0.6) is 11.5 Å². The van der Waals surface area contributed by atoms with Gasteiger partial charge in [-0.15, -0.1) is 24.8 Å². The third-order valence-corrected chi connectivity index (χ3v) is 2.55. The van der Waals surface area contributed by atoms with E-state index in [-0.39, 0.29) is 24.8 Å². The second-order valence-corrected chi connectivity index (χ2v) is 3.49. The first-order valence-electron chi connectivity index (χ1n) is 4.77. The van der Waals surface area contributed by atoms with Crippen molar-refractivity contribution in [3.63, 3.8) is 0 Å². The fourth-order valence-corrected chi connectivity index (χ4v) is 1.82. The summed E-state index contributed by atoms with van der Waals surface area (Å²) in [6.45, 7) is 0. The van der Waals surface area contributed by atoms with Crippen molar-refractivity contribution in [2.75, 3.05) is 0 Å². The molecule has 16 heavy (non-hydrogen) atoms. The van der Waals surface area contributed by atoms with Gasteiger partial charge in [0.25, 0.3) is 0 Å². The molecule has 0 fully saturated rings. The summed E-state index contributed by atoms with van der Waals surface area (Å²) in [6.07, 6.45) is 0.979. The van der Waals surface area contributed by atoms with Crippen LogP contribution in [0.15, 0.2) is 48.5 Å². The van der Waals surface area contributed by atoms with Crippen LogP contribution in [0.25, 0.3) is 0 Å². The smallest absolute Gasteiger partial charge is 0.130 e. The van der Waals surface area contributed by atoms with Crippen LogP contribution in [0.4, 0.5) is 0 Å². The van der Waals surface area contributed by atoms with Gasteiger partial charge in [0.2, 0.25) is 0 Å². The molecule has 0 spiro atoms. The molecule has 0 aliphatic carbocycles. The van der Waals surface area contributed by atoms with Gasteiger partial charge >= 0.3 is 0 Å². The molecule has 0 saturated carbocycles. The van der Waals surface area contributed by atoms with Crippen molar-refractivity contribution < 1.29 is 4.74 Å². The number of halogens is 2. The summed E-state index contributed by atoms with van der Waals surface area (Å²) in [5, 5.41) is 0. The Hall–Kier alpha value is -1.18. The lowest BCUT2D eigenvalue weighted by molar-refractivity contribution is 0.460. The second kappa shape index (κ2) is 5.24. The number of fused-ring (bicyclic) bond motifs is 2. The fourth-order valence-electron chi connectivity index (χ4n) is 1.82. The first-order valence-corrected chi connectivity index (χ1v) is 4.77. The molecule has 2 aromatic carbocycles. The molecule has 0 unspecified atom stereocenters. The van der Waals surface area contributed by atoms with Gasteiger partial charge < -0.3 is 4.74 Å². The van der Waals surface area contributed by atoms with E-state index in [1.807, 2.05) is 24.3 Å². The van der Waals surface area contributed by atoms with Crippen molar-refractivity contribution in [2.45, 2.75) is 6.42 Å². The van der Waals surface area contributed by atoms with E-state index in [2.05, 4.69) is 24.3 Å². The Labute approximate surface area is 107 Å². The second-order valence-electron chi connectivity index (χ2n) is 3.49. The predicted octanol–water partition coefficient (Wildman–Crippen LogP) is 4.23. The minimum atomic E-state index is 0. The minimum Gasteiger partial charge on any atom is -0.457 e. The summed E-state index contributed by atoms with van der Waals surface area (Å²) in [7, 11) is 0. The molecule has 1 aliphatic heterocycles. The molecule has 1 heterocycles. The maximum Gasteiger partial charge on any atom is 0.130 e. The molecule has 0 bridgehead atoms.